The van der Waals surface area contributed by atoms with Gasteiger partial charge >= 0.3 is 23.8 Å². The van der Waals surface area contributed by atoms with Crippen LogP contribution in [0.5, 0.6) is 0 Å². The lowest BCUT2D eigenvalue weighted by molar-refractivity contribution is -0.0529. The number of unbranched alkanes of at least 4 members (excludes halogenated alkanes) is 1. The number of thiocarbonyl (C=S) groups is 1. The van der Waals surface area contributed by atoms with E-state index in [1.807, 2.05) is 41.5 Å². The second-order valence-electron chi connectivity index (χ2n) is 9.54. The molecule has 0 aliphatic carbocycles. The van der Waals surface area contributed by atoms with Crippen molar-refractivity contribution >= 4 is 53.7 Å². The summed E-state index contributed by atoms with van der Waals surface area (Å²) in [6.45, 7) is 16.3. The van der Waals surface area contributed by atoms with E-state index in [1.54, 1.807) is 6.92 Å². The molecule has 0 saturated heterocycles. The third-order valence-corrected chi connectivity index (χ3v) is 12.6. The van der Waals surface area contributed by atoms with E-state index in [0.717, 1.165) is 18.6 Å². The zero-order chi connectivity index (χ0) is 31.0. The van der Waals surface area contributed by atoms with Gasteiger partial charge in [-0.05, 0) is 77.8 Å². The van der Waals surface area contributed by atoms with Gasteiger partial charge in [0.25, 0.3) is 0 Å². The summed E-state index contributed by atoms with van der Waals surface area (Å²) in [4.78, 5) is 12.3. The van der Waals surface area contributed by atoms with E-state index >= 15 is 0 Å². The van der Waals surface area contributed by atoms with Gasteiger partial charge in [-0.15, -0.1) is 0 Å². The van der Waals surface area contributed by atoms with E-state index in [1.165, 1.54) is 0 Å². The molecule has 41 heavy (non-hydrogen) atoms. The van der Waals surface area contributed by atoms with Crippen molar-refractivity contribution in [1.82, 2.24) is 0 Å². The molecule has 0 aliphatic heterocycles. The Hall–Kier alpha value is -0.296. The first-order valence-electron chi connectivity index (χ1n) is 15.0. The first-order chi connectivity index (χ1) is 19.6. The quantitative estimate of drug-likeness (QED) is 0.0345. The summed E-state index contributed by atoms with van der Waals surface area (Å²) in [6.07, 6.45) is 3.03. The van der Waals surface area contributed by atoms with Crippen molar-refractivity contribution in [3.8, 4) is 0 Å². The maximum Gasteiger partial charge on any atom is 0.508 e. The number of hydrogen-bond donors (Lipinski definition) is 1. The van der Waals surface area contributed by atoms with Crippen LogP contribution in [0, 0.1) is 5.41 Å². The highest BCUT2D eigenvalue weighted by atomic mass is 32.1. The number of ether oxygens (including phenoxy) is 3. The van der Waals surface area contributed by atoms with Gasteiger partial charge in [0.1, 0.15) is 6.61 Å². The topological polar surface area (TPSA) is 100 Å². The van der Waals surface area contributed by atoms with Gasteiger partial charge in [0.2, 0.25) is 0 Å². The molecule has 10 nitrogen and oxygen atoms in total. The number of thiol groups is 1. The number of hydrogen-bond acceptors (Lipinski definition) is 12. The average Bonchev–Trinajstić information content (AvgIpc) is 2.94. The molecule has 14 heteroatoms. The summed E-state index contributed by atoms with van der Waals surface area (Å²) < 4.78 is 54.1. The fourth-order valence-corrected chi connectivity index (χ4v) is 9.66. The molecule has 0 aromatic carbocycles. The van der Waals surface area contributed by atoms with Crippen LogP contribution in [0.4, 0.5) is 4.79 Å². The Labute approximate surface area is 261 Å². The van der Waals surface area contributed by atoms with Crippen LogP contribution in [-0.4, -0.2) is 94.0 Å². The van der Waals surface area contributed by atoms with Crippen molar-refractivity contribution in [1.29, 1.82) is 0 Å². The summed E-state index contributed by atoms with van der Waals surface area (Å²) in [5.74, 6) is 0.778. The number of carbonyl (C=O) groups is 1. The number of carbonyl (C=O) groups excluding carboxylic acids is 1. The highest BCUT2D eigenvalue weighted by Crippen LogP contribution is 2.31. The molecule has 0 amide bonds. The zero-order valence-corrected chi connectivity index (χ0v) is 30.2. The molecule has 0 rings (SSSR count). The van der Waals surface area contributed by atoms with Crippen molar-refractivity contribution in [2.45, 2.75) is 92.7 Å². The van der Waals surface area contributed by atoms with Crippen LogP contribution >= 0.6 is 24.8 Å². The second kappa shape index (κ2) is 24.1. The molecule has 1 atom stereocenters. The summed E-state index contributed by atoms with van der Waals surface area (Å²) in [6, 6.07) is 1.23. The maximum absolute atomic E-state index is 12.3. The summed E-state index contributed by atoms with van der Waals surface area (Å²) in [5.41, 5.74) is -0.727. The molecule has 0 saturated carbocycles. The molecule has 0 N–H and O–H groups in total. The summed E-state index contributed by atoms with van der Waals surface area (Å²) in [5, 5.41) is 0.492. The Morgan fingerprint density at radius 2 is 1.20 bits per heavy atom. The maximum atomic E-state index is 12.3. The van der Waals surface area contributed by atoms with Crippen molar-refractivity contribution in [2.75, 3.05) is 65.2 Å². The fourth-order valence-electron chi connectivity index (χ4n) is 3.92. The first-order valence-corrected chi connectivity index (χ1v) is 19.9. The predicted molar refractivity (Wildman–Crippen MR) is 172 cm³/mol. The molecular formula is C27H56O10S2Si2. The lowest BCUT2D eigenvalue weighted by Gasteiger charge is -2.39. The highest BCUT2D eigenvalue weighted by molar-refractivity contribution is 7.80. The monoisotopic (exact) mass is 660 g/mol. The Morgan fingerprint density at radius 3 is 1.61 bits per heavy atom. The molecule has 0 aliphatic rings. The van der Waals surface area contributed by atoms with Gasteiger partial charge in [0, 0.05) is 64.1 Å². The van der Waals surface area contributed by atoms with E-state index in [0.29, 0.717) is 69.4 Å². The van der Waals surface area contributed by atoms with Crippen LogP contribution < -0.4 is 0 Å². The molecule has 0 unspecified atom stereocenters. The average molecular weight is 661 g/mol. The lowest BCUT2D eigenvalue weighted by Crippen LogP contribution is -2.53. The minimum absolute atomic E-state index is 0.0291. The fraction of sp³-hybridized carbons (Fsp3) is 0.926. The van der Waals surface area contributed by atoms with E-state index < -0.39 is 29.2 Å². The zero-order valence-electron chi connectivity index (χ0n) is 26.5. The molecule has 0 aromatic heterocycles. The van der Waals surface area contributed by atoms with Crippen LogP contribution in [0.3, 0.4) is 0 Å². The van der Waals surface area contributed by atoms with Crippen molar-refractivity contribution in [3.05, 3.63) is 0 Å². The van der Waals surface area contributed by atoms with E-state index in [4.69, 9.17) is 53.0 Å². The number of rotatable bonds is 27. The minimum atomic E-state index is -3.11. The Balaban J connectivity index is 6.06. The summed E-state index contributed by atoms with van der Waals surface area (Å²) >= 11 is 9.39. The molecule has 0 aromatic rings. The van der Waals surface area contributed by atoms with Crippen LogP contribution in [0.15, 0.2) is 0 Å². The molecule has 0 fully saturated rings. The Kier molecular flexibility index (Phi) is 23.9. The molecule has 0 bridgehead atoms. The smallest absolute Gasteiger partial charge is 0.487 e. The van der Waals surface area contributed by atoms with Gasteiger partial charge < -0.3 is 40.8 Å². The van der Waals surface area contributed by atoms with Gasteiger partial charge in [-0.2, -0.15) is 12.6 Å². The molecule has 0 heterocycles. The van der Waals surface area contributed by atoms with Gasteiger partial charge in [0.05, 0.1) is 13.2 Å². The molecule has 0 spiro atoms. The third-order valence-electron chi connectivity index (χ3n) is 6.15. The van der Waals surface area contributed by atoms with E-state index in [2.05, 4.69) is 12.6 Å². The van der Waals surface area contributed by atoms with Gasteiger partial charge in [-0.1, -0.05) is 13.8 Å². The van der Waals surface area contributed by atoms with Crippen LogP contribution in [0.2, 0.25) is 12.1 Å². The van der Waals surface area contributed by atoms with Gasteiger partial charge in [-0.3, -0.25) is 0 Å². The van der Waals surface area contributed by atoms with E-state index in [9.17, 15) is 4.79 Å². The van der Waals surface area contributed by atoms with Crippen LogP contribution in [0.25, 0.3) is 0 Å². The Bertz CT molecular complexity index is 680. The standard InChI is InChI=1S/C27H56O10S2Si2/c1-8-17-30-26(28)31-22-27(9-2,23-36-40(32-10-3,33-11-4)20-15-14-19-38)24-37-41(34-12-5,35-13-6)21-16-18-29-25(7)39/h38H,8-24H2,1-7H3/t27-/m0/s1. The summed E-state index contributed by atoms with van der Waals surface area (Å²) in [7, 11) is -6.13. The normalized spacial score (nSPS) is 13.6. The van der Waals surface area contributed by atoms with Gasteiger partial charge in [0.15, 0.2) is 5.05 Å². The van der Waals surface area contributed by atoms with Crippen LogP contribution in [-0.2, 0) is 40.8 Å². The van der Waals surface area contributed by atoms with Crippen molar-refractivity contribution in [2.24, 2.45) is 5.41 Å². The molecule has 244 valence electrons. The molecular weight excluding hydrogens is 605 g/mol. The largest absolute Gasteiger partial charge is 0.508 e. The van der Waals surface area contributed by atoms with Gasteiger partial charge in [-0.25, -0.2) is 4.79 Å². The Morgan fingerprint density at radius 1 is 0.683 bits per heavy atom. The second-order valence-corrected chi connectivity index (χ2v) is 16.0. The van der Waals surface area contributed by atoms with Crippen molar-refractivity contribution < 1.29 is 45.6 Å². The third kappa shape index (κ3) is 17.6. The molecule has 0 radical (unpaired) electrons. The van der Waals surface area contributed by atoms with Crippen molar-refractivity contribution in [3.63, 3.8) is 0 Å². The highest BCUT2D eigenvalue weighted by Gasteiger charge is 2.47. The first kappa shape index (κ1) is 40.7. The lowest BCUT2D eigenvalue weighted by atomic mass is 9.88. The van der Waals surface area contributed by atoms with Crippen LogP contribution in [0.1, 0.15) is 80.6 Å². The SMILES string of the molecule is CCCOC(=O)OC[C@@](CC)(CO[Si](CCCCS)(OCC)OCC)CO[Si](CCCOC(C)=S)(OCC)OCC. The van der Waals surface area contributed by atoms with E-state index in [-0.39, 0.29) is 26.4 Å². The minimum Gasteiger partial charge on any atom is -0.487 e. The predicted octanol–water partition coefficient (Wildman–Crippen LogP) is 6.47.